The van der Waals surface area contributed by atoms with Gasteiger partial charge in [0.05, 0.1) is 18.4 Å². The lowest BCUT2D eigenvalue weighted by Crippen LogP contribution is -2.46. The van der Waals surface area contributed by atoms with Crippen molar-refractivity contribution in [1.82, 2.24) is 0 Å². The van der Waals surface area contributed by atoms with Crippen molar-refractivity contribution in [2.24, 2.45) is 5.16 Å². The summed E-state index contributed by atoms with van der Waals surface area (Å²) in [6.07, 6.45) is 0.596. The molecule has 0 spiro atoms. The number of carbonyl (C=O) groups is 1. The van der Waals surface area contributed by atoms with E-state index in [4.69, 9.17) is 14.0 Å². The second-order valence-corrected chi connectivity index (χ2v) is 11.7. The minimum absolute atomic E-state index is 0.0784. The van der Waals surface area contributed by atoms with Crippen LogP contribution in [0.4, 0.5) is 0 Å². The Balaban J connectivity index is 2.69. The molecule has 6 heteroatoms. The van der Waals surface area contributed by atoms with Gasteiger partial charge in [0, 0.05) is 6.42 Å². The average molecular weight is 315 g/mol. The Morgan fingerprint density at radius 1 is 1.43 bits per heavy atom. The third-order valence-electron chi connectivity index (χ3n) is 4.23. The molecule has 0 aromatic carbocycles. The van der Waals surface area contributed by atoms with Gasteiger partial charge in [-0.1, -0.05) is 32.9 Å². The summed E-state index contributed by atoms with van der Waals surface area (Å²) >= 11 is 0. The molecule has 5 nitrogen and oxygen atoms in total. The van der Waals surface area contributed by atoms with Crippen LogP contribution in [0, 0.1) is 0 Å². The van der Waals surface area contributed by atoms with Crippen molar-refractivity contribution in [3.05, 3.63) is 0 Å². The molecule has 122 valence electrons. The van der Waals surface area contributed by atoms with E-state index in [-0.39, 0.29) is 17.1 Å². The molecule has 1 aliphatic heterocycles. The summed E-state index contributed by atoms with van der Waals surface area (Å²) in [7, 11) is -1.87. The highest BCUT2D eigenvalue weighted by atomic mass is 28.4. The van der Waals surface area contributed by atoms with E-state index in [1.165, 1.54) is 0 Å². The van der Waals surface area contributed by atoms with Crippen LogP contribution in [0.1, 0.15) is 47.5 Å². The highest BCUT2D eigenvalue weighted by Crippen LogP contribution is 2.38. The summed E-state index contributed by atoms with van der Waals surface area (Å²) in [5.74, 6) is -0.349. The van der Waals surface area contributed by atoms with Gasteiger partial charge in [-0.2, -0.15) is 0 Å². The molecule has 0 saturated carbocycles. The molecule has 0 N–H and O–H groups in total. The van der Waals surface area contributed by atoms with Gasteiger partial charge in [0.25, 0.3) is 0 Å². The SMILES string of the molecule is CCOC(=O)C1CC(C(CC)O[Si](C)(C)C(C)(C)C)=NO1. The van der Waals surface area contributed by atoms with Gasteiger partial charge < -0.3 is 14.0 Å². The first-order chi connectivity index (χ1) is 9.62. The number of carbonyl (C=O) groups excluding carboxylic acids is 1. The van der Waals surface area contributed by atoms with E-state index in [9.17, 15) is 4.79 Å². The molecule has 2 unspecified atom stereocenters. The number of rotatable bonds is 6. The minimum atomic E-state index is -1.87. The van der Waals surface area contributed by atoms with Crippen molar-refractivity contribution in [3.8, 4) is 0 Å². The van der Waals surface area contributed by atoms with E-state index < -0.39 is 14.4 Å². The Morgan fingerprint density at radius 3 is 2.52 bits per heavy atom. The quantitative estimate of drug-likeness (QED) is 0.556. The van der Waals surface area contributed by atoms with Crippen LogP contribution in [0.15, 0.2) is 5.16 Å². The van der Waals surface area contributed by atoms with Crippen LogP contribution in [0.2, 0.25) is 18.1 Å². The molecule has 21 heavy (non-hydrogen) atoms. The molecule has 0 aromatic heterocycles. The van der Waals surface area contributed by atoms with Crippen LogP contribution < -0.4 is 0 Å². The summed E-state index contributed by atoms with van der Waals surface area (Å²) < 4.78 is 11.4. The van der Waals surface area contributed by atoms with Crippen LogP contribution in [0.3, 0.4) is 0 Å². The van der Waals surface area contributed by atoms with Crippen molar-refractivity contribution >= 4 is 20.0 Å². The van der Waals surface area contributed by atoms with Crippen LogP contribution >= 0.6 is 0 Å². The number of oxime groups is 1. The lowest BCUT2D eigenvalue weighted by molar-refractivity contribution is -0.154. The minimum Gasteiger partial charge on any atom is -0.463 e. The molecule has 0 aliphatic carbocycles. The maximum absolute atomic E-state index is 11.7. The third-order valence-corrected chi connectivity index (χ3v) is 8.71. The Bertz CT molecular complexity index is 401. The number of ether oxygens (including phenoxy) is 1. The first-order valence-corrected chi connectivity index (χ1v) is 10.6. The van der Waals surface area contributed by atoms with Crippen molar-refractivity contribution in [2.75, 3.05) is 6.61 Å². The molecule has 0 fully saturated rings. The van der Waals surface area contributed by atoms with E-state index >= 15 is 0 Å². The predicted molar refractivity (Wildman–Crippen MR) is 85.9 cm³/mol. The van der Waals surface area contributed by atoms with E-state index in [1.807, 2.05) is 0 Å². The topological polar surface area (TPSA) is 57.1 Å². The van der Waals surface area contributed by atoms with Gasteiger partial charge in [0.1, 0.15) is 0 Å². The molecule has 0 radical (unpaired) electrons. The highest BCUT2D eigenvalue weighted by molar-refractivity contribution is 6.74. The van der Waals surface area contributed by atoms with Gasteiger partial charge in [-0.15, -0.1) is 0 Å². The first-order valence-electron chi connectivity index (χ1n) is 7.69. The number of hydrogen-bond donors (Lipinski definition) is 0. The second-order valence-electron chi connectivity index (χ2n) is 6.91. The highest BCUT2D eigenvalue weighted by Gasteiger charge is 2.41. The average Bonchev–Trinajstić information content (AvgIpc) is 2.84. The fourth-order valence-corrected chi connectivity index (χ4v) is 3.23. The Hall–Kier alpha value is -0.883. The Labute approximate surface area is 129 Å². The fraction of sp³-hybridized carbons (Fsp3) is 0.867. The second kappa shape index (κ2) is 6.92. The number of hydrogen-bond acceptors (Lipinski definition) is 5. The van der Waals surface area contributed by atoms with Gasteiger partial charge in [0.2, 0.25) is 6.10 Å². The molecule has 1 rings (SSSR count). The first kappa shape index (κ1) is 18.2. The molecule has 0 aromatic rings. The number of esters is 1. The summed E-state index contributed by atoms with van der Waals surface area (Å²) in [5.41, 5.74) is 0.820. The van der Waals surface area contributed by atoms with E-state index in [2.05, 4.69) is 45.9 Å². The van der Waals surface area contributed by atoms with Crippen LogP contribution in [-0.4, -0.2) is 38.8 Å². The number of nitrogens with zero attached hydrogens (tertiary/aromatic N) is 1. The molecular formula is C15H29NO4Si. The Morgan fingerprint density at radius 2 is 2.05 bits per heavy atom. The third kappa shape index (κ3) is 4.54. The van der Waals surface area contributed by atoms with E-state index in [1.54, 1.807) is 6.92 Å². The zero-order valence-corrected chi connectivity index (χ0v) is 15.4. The van der Waals surface area contributed by atoms with Gasteiger partial charge in [-0.25, -0.2) is 4.79 Å². The molecule has 1 aliphatic rings. The van der Waals surface area contributed by atoms with Gasteiger partial charge >= 0.3 is 5.97 Å². The molecular weight excluding hydrogens is 286 g/mol. The largest absolute Gasteiger partial charge is 0.463 e. The van der Waals surface area contributed by atoms with Crippen molar-refractivity contribution < 1.29 is 18.8 Å². The van der Waals surface area contributed by atoms with Gasteiger partial charge in [0.15, 0.2) is 8.32 Å². The van der Waals surface area contributed by atoms with Crippen molar-refractivity contribution in [2.45, 2.75) is 77.8 Å². The molecule has 0 amide bonds. The molecule has 0 saturated heterocycles. The van der Waals surface area contributed by atoms with Crippen LogP contribution in [0.25, 0.3) is 0 Å². The molecule has 0 bridgehead atoms. The zero-order chi connectivity index (χ0) is 16.3. The molecule has 2 atom stereocenters. The lowest BCUT2D eigenvalue weighted by atomic mass is 10.1. The summed E-state index contributed by atoms with van der Waals surface area (Å²) in [6, 6.07) is 0. The Kier molecular flexibility index (Phi) is 5.98. The maximum Gasteiger partial charge on any atom is 0.350 e. The van der Waals surface area contributed by atoms with Crippen molar-refractivity contribution in [1.29, 1.82) is 0 Å². The summed E-state index contributed by atoms with van der Waals surface area (Å²) in [6.45, 7) is 15.3. The zero-order valence-electron chi connectivity index (χ0n) is 14.4. The van der Waals surface area contributed by atoms with Gasteiger partial charge in [-0.05, 0) is 31.5 Å². The standard InChI is InChI=1S/C15H29NO4Si/c1-8-12(20-21(6,7)15(3,4)5)11-10-13(19-16-11)14(17)18-9-2/h12-13H,8-10H2,1-7H3. The fourth-order valence-electron chi connectivity index (χ4n) is 1.87. The van der Waals surface area contributed by atoms with Crippen molar-refractivity contribution in [3.63, 3.8) is 0 Å². The summed E-state index contributed by atoms with van der Waals surface area (Å²) in [5, 5.41) is 4.21. The molecule has 1 heterocycles. The van der Waals surface area contributed by atoms with Crippen LogP contribution in [-0.2, 0) is 18.8 Å². The van der Waals surface area contributed by atoms with Crippen LogP contribution in [0.5, 0.6) is 0 Å². The maximum atomic E-state index is 11.7. The van der Waals surface area contributed by atoms with E-state index in [0.717, 1.165) is 12.1 Å². The smallest absolute Gasteiger partial charge is 0.350 e. The summed E-state index contributed by atoms with van der Waals surface area (Å²) in [4.78, 5) is 16.9. The van der Waals surface area contributed by atoms with Gasteiger partial charge in [-0.3, -0.25) is 0 Å². The normalized spacial score (nSPS) is 20.7. The van der Waals surface area contributed by atoms with E-state index in [0.29, 0.717) is 13.0 Å². The monoisotopic (exact) mass is 315 g/mol. The predicted octanol–water partition coefficient (Wildman–Crippen LogP) is 3.49. The lowest BCUT2D eigenvalue weighted by Gasteiger charge is -2.39.